The van der Waals surface area contributed by atoms with Gasteiger partial charge >= 0.3 is 0 Å². The normalized spacial score (nSPS) is 23.7. The minimum atomic E-state index is -0.0909. The zero-order chi connectivity index (χ0) is 11.5. The first-order chi connectivity index (χ1) is 7.67. The van der Waals surface area contributed by atoms with Gasteiger partial charge in [-0.2, -0.15) is 4.98 Å². The molecular weight excluding hydrogens is 204 g/mol. The average molecular weight is 222 g/mol. The summed E-state index contributed by atoms with van der Waals surface area (Å²) in [6.45, 7) is 2.82. The van der Waals surface area contributed by atoms with Crippen LogP contribution in [0.25, 0.3) is 0 Å². The predicted octanol–water partition coefficient (Wildman–Crippen LogP) is 1.01. The fourth-order valence-electron chi connectivity index (χ4n) is 1.89. The summed E-state index contributed by atoms with van der Waals surface area (Å²) in [5.74, 6) is 2.05. The molecule has 0 atom stereocenters. The van der Waals surface area contributed by atoms with Crippen LogP contribution in [-0.2, 0) is 0 Å². The van der Waals surface area contributed by atoms with Crippen LogP contribution in [0.4, 0.5) is 11.8 Å². The summed E-state index contributed by atoms with van der Waals surface area (Å²) in [4.78, 5) is 8.53. The van der Waals surface area contributed by atoms with Crippen molar-refractivity contribution in [3.05, 3.63) is 11.8 Å². The monoisotopic (exact) mass is 222 g/mol. The van der Waals surface area contributed by atoms with Crippen molar-refractivity contribution < 1.29 is 5.11 Å². The molecule has 1 aromatic heterocycles. The van der Waals surface area contributed by atoms with Gasteiger partial charge in [0.05, 0.1) is 6.10 Å². The molecule has 88 valence electrons. The number of aryl methyl sites for hydroxylation is 1. The number of aromatic nitrogens is 2. The number of nitrogens with zero attached hydrogens (tertiary/aromatic N) is 2. The van der Waals surface area contributed by atoms with E-state index in [0.29, 0.717) is 11.9 Å². The molecule has 1 heterocycles. The summed E-state index contributed by atoms with van der Waals surface area (Å²) in [6, 6.07) is 1.93. The van der Waals surface area contributed by atoms with Crippen molar-refractivity contribution in [1.82, 2.24) is 9.97 Å². The molecule has 1 aliphatic carbocycles. The fourth-order valence-corrected chi connectivity index (χ4v) is 1.89. The Kier molecular flexibility index (Phi) is 3.24. The highest BCUT2D eigenvalue weighted by atomic mass is 16.3. The summed E-state index contributed by atoms with van der Waals surface area (Å²) in [5.41, 5.74) is 0.940. The lowest BCUT2D eigenvalue weighted by Crippen LogP contribution is -2.33. The molecule has 1 saturated carbocycles. The van der Waals surface area contributed by atoms with Crippen molar-refractivity contribution in [3.63, 3.8) is 0 Å². The van der Waals surface area contributed by atoms with Crippen molar-refractivity contribution in [2.24, 2.45) is 5.92 Å². The van der Waals surface area contributed by atoms with Gasteiger partial charge in [0.1, 0.15) is 5.82 Å². The van der Waals surface area contributed by atoms with E-state index in [1.165, 1.54) is 0 Å². The molecule has 2 rings (SSSR count). The molecule has 16 heavy (non-hydrogen) atoms. The molecule has 0 spiro atoms. The second-order valence-electron chi connectivity index (χ2n) is 4.34. The Morgan fingerprint density at radius 1 is 1.44 bits per heavy atom. The molecule has 3 N–H and O–H groups in total. The largest absolute Gasteiger partial charge is 0.393 e. The maximum Gasteiger partial charge on any atom is 0.224 e. The smallest absolute Gasteiger partial charge is 0.224 e. The standard InChI is InChI=1S/C11H18N4O/c1-7-3-10(15-11(12-2)14-7)13-6-8-4-9(16)5-8/h3,8-9,16H,4-6H2,1-2H3,(H2,12,13,14,15). The third-order valence-corrected chi connectivity index (χ3v) is 2.86. The lowest BCUT2D eigenvalue weighted by Gasteiger charge is -2.31. The first kappa shape index (κ1) is 11.1. The van der Waals surface area contributed by atoms with E-state index in [4.69, 9.17) is 0 Å². The summed E-state index contributed by atoms with van der Waals surface area (Å²) in [6.07, 6.45) is 1.71. The van der Waals surface area contributed by atoms with E-state index in [0.717, 1.165) is 30.9 Å². The number of aliphatic hydroxyl groups excluding tert-OH is 1. The molecular formula is C11H18N4O. The molecule has 0 unspecified atom stereocenters. The Hall–Kier alpha value is -1.36. The van der Waals surface area contributed by atoms with Crippen molar-refractivity contribution in [3.8, 4) is 0 Å². The number of rotatable bonds is 4. The molecule has 5 heteroatoms. The SMILES string of the molecule is CNc1nc(C)cc(NCC2CC(O)C2)n1. The Morgan fingerprint density at radius 3 is 2.81 bits per heavy atom. The minimum Gasteiger partial charge on any atom is -0.393 e. The van der Waals surface area contributed by atoms with Crippen molar-refractivity contribution in [1.29, 1.82) is 0 Å². The molecule has 1 aliphatic rings. The highest BCUT2D eigenvalue weighted by Crippen LogP contribution is 2.27. The van der Waals surface area contributed by atoms with E-state index in [9.17, 15) is 5.11 Å². The molecule has 0 aliphatic heterocycles. The number of nitrogens with one attached hydrogen (secondary N) is 2. The minimum absolute atomic E-state index is 0.0909. The molecule has 5 nitrogen and oxygen atoms in total. The lowest BCUT2D eigenvalue weighted by atomic mass is 9.82. The third kappa shape index (κ3) is 2.61. The predicted molar refractivity (Wildman–Crippen MR) is 63.5 cm³/mol. The van der Waals surface area contributed by atoms with E-state index in [1.54, 1.807) is 7.05 Å². The van der Waals surface area contributed by atoms with E-state index in [1.807, 2.05) is 13.0 Å². The number of hydrogen-bond acceptors (Lipinski definition) is 5. The summed E-state index contributed by atoms with van der Waals surface area (Å²) in [7, 11) is 1.81. The summed E-state index contributed by atoms with van der Waals surface area (Å²) < 4.78 is 0. The van der Waals surface area contributed by atoms with Gasteiger partial charge in [0.15, 0.2) is 0 Å². The Balaban J connectivity index is 1.90. The van der Waals surface area contributed by atoms with Crippen LogP contribution in [-0.4, -0.2) is 34.8 Å². The van der Waals surface area contributed by atoms with Crippen LogP contribution in [0.3, 0.4) is 0 Å². The number of hydrogen-bond donors (Lipinski definition) is 3. The first-order valence-corrected chi connectivity index (χ1v) is 5.62. The van der Waals surface area contributed by atoms with Gasteiger partial charge in [0.2, 0.25) is 5.95 Å². The van der Waals surface area contributed by atoms with Gasteiger partial charge in [-0.15, -0.1) is 0 Å². The zero-order valence-corrected chi connectivity index (χ0v) is 9.70. The number of aliphatic hydroxyl groups is 1. The maximum atomic E-state index is 9.18. The van der Waals surface area contributed by atoms with Crippen LogP contribution in [0.1, 0.15) is 18.5 Å². The third-order valence-electron chi connectivity index (χ3n) is 2.86. The number of anilines is 2. The summed E-state index contributed by atoms with van der Waals surface area (Å²) >= 11 is 0. The van der Waals surface area contributed by atoms with Gasteiger partial charge in [-0.25, -0.2) is 4.98 Å². The molecule has 0 saturated heterocycles. The van der Waals surface area contributed by atoms with Gasteiger partial charge in [0.25, 0.3) is 0 Å². The summed E-state index contributed by atoms with van der Waals surface area (Å²) in [5, 5.41) is 15.4. The van der Waals surface area contributed by atoms with Gasteiger partial charge in [-0.3, -0.25) is 0 Å². The van der Waals surface area contributed by atoms with Gasteiger partial charge in [0, 0.05) is 25.4 Å². The average Bonchev–Trinajstić information content (AvgIpc) is 2.22. The topological polar surface area (TPSA) is 70.1 Å². The van der Waals surface area contributed by atoms with Crippen LogP contribution >= 0.6 is 0 Å². The van der Waals surface area contributed by atoms with Crippen molar-refractivity contribution >= 4 is 11.8 Å². The highest BCUT2D eigenvalue weighted by Gasteiger charge is 2.26. The van der Waals surface area contributed by atoms with Crippen LogP contribution in [0.15, 0.2) is 6.07 Å². The molecule has 0 aromatic carbocycles. The second-order valence-corrected chi connectivity index (χ2v) is 4.34. The Morgan fingerprint density at radius 2 is 2.19 bits per heavy atom. The Labute approximate surface area is 95.3 Å². The van der Waals surface area contributed by atoms with E-state index in [-0.39, 0.29) is 6.10 Å². The molecule has 1 fully saturated rings. The van der Waals surface area contributed by atoms with Crippen molar-refractivity contribution in [2.45, 2.75) is 25.9 Å². The Bertz CT molecular complexity index is 363. The molecule has 0 radical (unpaired) electrons. The van der Waals surface area contributed by atoms with Gasteiger partial charge in [-0.05, 0) is 25.7 Å². The second kappa shape index (κ2) is 4.65. The van der Waals surface area contributed by atoms with Crippen molar-refractivity contribution in [2.75, 3.05) is 24.2 Å². The maximum absolute atomic E-state index is 9.18. The van der Waals surface area contributed by atoms with E-state index < -0.39 is 0 Å². The molecule has 1 aromatic rings. The highest BCUT2D eigenvalue weighted by molar-refractivity contribution is 5.41. The first-order valence-electron chi connectivity index (χ1n) is 5.62. The van der Waals surface area contributed by atoms with Gasteiger partial charge < -0.3 is 15.7 Å². The lowest BCUT2D eigenvalue weighted by molar-refractivity contribution is 0.0486. The van der Waals surface area contributed by atoms with E-state index >= 15 is 0 Å². The molecule has 0 amide bonds. The van der Waals surface area contributed by atoms with Crippen LogP contribution in [0.5, 0.6) is 0 Å². The van der Waals surface area contributed by atoms with Crippen LogP contribution in [0, 0.1) is 12.8 Å². The molecule has 0 bridgehead atoms. The zero-order valence-electron chi connectivity index (χ0n) is 9.70. The van der Waals surface area contributed by atoms with Crippen LogP contribution in [0.2, 0.25) is 0 Å². The van der Waals surface area contributed by atoms with Gasteiger partial charge in [-0.1, -0.05) is 0 Å². The van der Waals surface area contributed by atoms with Crippen LogP contribution < -0.4 is 10.6 Å². The van der Waals surface area contributed by atoms with E-state index in [2.05, 4.69) is 20.6 Å². The quantitative estimate of drug-likeness (QED) is 0.709. The fraction of sp³-hybridized carbons (Fsp3) is 0.636.